The van der Waals surface area contributed by atoms with E-state index in [1.165, 1.54) is 22.3 Å². The van der Waals surface area contributed by atoms with Crippen LogP contribution in [0.15, 0.2) is 146 Å². The normalized spacial score (nSPS) is 12.8. The molecule has 0 bridgehead atoms. The van der Waals surface area contributed by atoms with Crippen molar-refractivity contribution in [1.29, 1.82) is 0 Å². The first kappa shape index (κ1) is 24.6. The van der Waals surface area contributed by atoms with Gasteiger partial charge in [-0.05, 0) is 81.9 Å². The minimum Gasteiger partial charge on any atom is -0.455 e. The maximum Gasteiger partial charge on any atom is 0.150 e. The number of hydrogen-bond acceptors (Lipinski definition) is 4. The molecular formula is C37H28N2O2. The molecule has 0 saturated carbocycles. The predicted octanol–water partition coefficient (Wildman–Crippen LogP) is 8.80. The molecule has 4 nitrogen and oxygen atoms in total. The second-order valence-electron chi connectivity index (χ2n) is 10.2. The number of ether oxygens (including phenoxy) is 2. The molecule has 7 rings (SSSR count). The van der Waals surface area contributed by atoms with Crippen molar-refractivity contribution >= 4 is 11.4 Å². The van der Waals surface area contributed by atoms with Crippen LogP contribution in [0.25, 0.3) is 11.1 Å². The average Bonchev–Trinajstić information content (AvgIpc) is 3.32. The fourth-order valence-corrected chi connectivity index (χ4v) is 5.97. The van der Waals surface area contributed by atoms with Crippen LogP contribution < -0.4 is 20.9 Å². The predicted molar refractivity (Wildman–Crippen MR) is 166 cm³/mol. The number of anilines is 2. The fraction of sp³-hybridized carbons (Fsp3) is 0.0270. The van der Waals surface area contributed by atoms with Gasteiger partial charge in [0.2, 0.25) is 0 Å². The summed E-state index contributed by atoms with van der Waals surface area (Å²) in [5.41, 5.74) is 20.2. The Morgan fingerprint density at radius 1 is 0.390 bits per heavy atom. The van der Waals surface area contributed by atoms with Gasteiger partial charge in [-0.25, -0.2) is 0 Å². The topological polar surface area (TPSA) is 70.5 Å². The van der Waals surface area contributed by atoms with Crippen LogP contribution in [-0.2, 0) is 5.41 Å². The molecule has 4 N–H and O–H groups in total. The van der Waals surface area contributed by atoms with Gasteiger partial charge in [-0.1, -0.05) is 97.1 Å². The lowest BCUT2D eigenvalue weighted by Crippen LogP contribution is -2.28. The zero-order valence-electron chi connectivity index (χ0n) is 22.3. The van der Waals surface area contributed by atoms with Crippen molar-refractivity contribution in [3.63, 3.8) is 0 Å². The minimum absolute atomic E-state index is 0.526. The molecule has 0 radical (unpaired) electrons. The van der Waals surface area contributed by atoms with E-state index >= 15 is 0 Å². The van der Waals surface area contributed by atoms with Gasteiger partial charge in [0.1, 0.15) is 23.0 Å². The lowest BCUT2D eigenvalue weighted by Gasteiger charge is -2.34. The van der Waals surface area contributed by atoms with E-state index in [0.717, 1.165) is 22.6 Å². The zero-order chi connectivity index (χ0) is 27.8. The highest BCUT2D eigenvalue weighted by Crippen LogP contribution is 2.56. The third-order valence-electron chi connectivity index (χ3n) is 7.82. The molecule has 6 aromatic carbocycles. The monoisotopic (exact) mass is 532 g/mol. The molecule has 4 heteroatoms. The standard InChI is InChI=1S/C37H28N2O2/c38-33-13-5-7-15-35(33)40-27-21-17-25(18-22-27)37(31-11-3-1-9-29(31)30-10-2-4-12-32(30)37)26-19-23-28(24-20-26)41-36-16-8-6-14-34(36)39/h1-24H,38-39H2. The Labute approximate surface area is 239 Å². The zero-order valence-corrected chi connectivity index (χ0v) is 22.3. The van der Waals surface area contributed by atoms with Crippen LogP contribution in [0.2, 0.25) is 0 Å². The molecule has 0 aliphatic heterocycles. The molecule has 0 fully saturated rings. The Morgan fingerprint density at radius 2 is 0.756 bits per heavy atom. The molecule has 0 atom stereocenters. The highest BCUT2D eigenvalue weighted by atomic mass is 16.5. The Morgan fingerprint density at radius 3 is 1.17 bits per heavy atom. The van der Waals surface area contributed by atoms with Gasteiger partial charge in [0.15, 0.2) is 0 Å². The van der Waals surface area contributed by atoms with Crippen molar-refractivity contribution in [3.05, 3.63) is 168 Å². The van der Waals surface area contributed by atoms with Gasteiger partial charge in [-0.3, -0.25) is 0 Å². The molecule has 6 aromatic rings. The van der Waals surface area contributed by atoms with Gasteiger partial charge in [-0.2, -0.15) is 0 Å². The van der Waals surface area contributed by atoms with E-state index in [-0.39, 0.29) is 0 Å². The summed E-state index contributed by atoms with van der Waals surface area (Å²) in [6.07, 6.45) is 0. The second kappa shape index (κ2) is 9.92. The van der Waals surface area contributed by atoms with E-state index in [9.17, 15) is 0 Å². The number of rotatable bonds is 6. The van der Waals surface area contributed by atoms with E-state index in [4.69, 9.17) is 20.9 Å². The third-order valence-corrected chi connectivity index (χ3v) is 7.82. The van der Waals surface area contributed by atoms with E-state index in [0.29, 0.717) is 22.9 Å². The molecular weight excluding hydrogens is 504 g/mol. The summed E-state index contributed by atoms with van der Waals surface area (Å²) in [6, 6.07) is 49.1. The Kier molecular flexibility index (Phi) is 5.94. The van der Waals surface area contributed by atoms with Crippen molar-refractivity contribution in [1.82, 2.24) is 0 Å². The summed E-state index contributed by atoms with van der Waals surface area (Å²) in [4.78, 5) is 0. The number of benzene rings is 6. The van der Waals surface area contributed by atoms with Gasteiger partial charge in [0, 0.05) is 0 Å². The van der Waals surface area contributed by atoms with Crippen molar-refractivity contribution in [3.8, 4) is 34.1 Å². The van der Waals surface area contributed by atoms with E-state index in [1.807, 2.05) is 72.8 Å². The van der Waals surface area contributed by atoms with Gasteiger partial charge in [0.05, 0.1) is 16.8 Å². The smallest absolute Gasteiger partial charge is 0.150 e. The highest BCUT2D eigenvalue weighted by Gasteiger charge is 2.45. The Hall–Kier alpha value is -5.48. The summed E-state index contributed by atoms with van der Waals surface area (Å²) in [5.74, 6) is 2.73. The summed E-state index contributed by atoms with van der Waals surface area (Å²) in [6.45, 7) is 0. The maximum absolute atomic E-state index is 6.13. The largest absolute Gasteiger partial charge is 0.455 e. The molecule has 1 aliphatic carbocycles. The van der Waals surface area contributed by atoms with Gasteiger partial charge in [0.25, 0.3) is 0 Å². The van der Waals surface area contributed by atoms with Crippen LogP contribution in [-0.4, -0.2) is 0 Å². The number of fused-ring (bicyclic) bond motifs is 3. The molecule has 41 heavy (non-hydrogen) atoms. The van der Waals surface area contributed by atoms with E-state index < -0.39 is 5.41 Å². The lowest BCUT2D eigenvalue weighted by atomic mass is 9.68. The van der Waals surface area contributed by atoms with Gasteiger partial charge in [-0.15, -0.1) is 0 Å². The first-order valence-corrected chi connectivity index (χ1v) is 13.6. The van der Waals surface area contributed by atoms with Crippen molar-refractivity contribution in [2.45, 2.75) is 5.41 Å². The van der Waals surface area contributed by atoms with Crippen LogP contribution >= 0.6 is 0 Å². The van der Waals surface area contributed by atoms with Crippen LogP contribution in [0.5, 0.6) is 23.0 Å². The SMILES string of the molecule is Nc1ccccc1Oc1ccc(C2(c3ccc(Oc4ccccc4N)cc3)c3ccccc3-c3ccccc32)cc1. The first-order valence-electron chi connectivity index (χ1n) is 13.6. The van der Waals surface area contributed by atoms with Crippen molar-refractivity contribution < 1.29 is 9.47 Å². The van der Waals surface area contributed by atoms with Gasteiger partial charge >= 0.3 is 0 Å². The number of para-hydroxylation sites is 4. The molecule has 0 spiro atoms. The van der Waals surface area contributed by atoms with E-state index in [1.54, 1.807) is 0 Å². The number of nitrogen functional groups attached to an aromatic ring is 2. The van der Waals surface area contributed by atoms with Gasteiger partial charge < -0.3 is 20.9 Å². The summed E-state index contributed by atoms with van der Waals surface area (Å²) >= 11 is 0. The molecule has 0 heterocycles. The summed E-state index contributed by atoms with van der Waals surface area (Å²) < 4.78 is 12.3. The summed E-state index contributed by atoms with van der Waals surface area (Å²) in [7, 11) is 0. The van der Waals surface area contributed by atoms with Crippen molar-refractivity contribution in [2.75, 3.05) is 11.5 Å². The summed E-state index contributed by atoms with van der Waals surface area (Å²) in [5, 5.41) is 0. The Balaban J connectivity index is 1.36. The number of nitrogens with two attached hydrogens (primary N) is 2. The second-order valence-corrected chi connectivity index (χ2v) is 10.2. The molecule has 0 amide bonds. The molecule has 1 aliphatic rings. The quantitative estimate of drug-likeness (QED) is 0.210. The number of hydrogen-bond donors (Lipinski definition) is 2. The van der Waals surface area contributed by atoms with E-state index in [2.05, 4.69) is 72.8 Å². The first-order chi connectivity index (χ1) is 20.1. The third kappa shape index (κ3) is 4.09. The maximum atomic E-state index is 6.13. The van der Waals surface area contributed by atoms with Crippen LogP contribution in [0.4, 0.5) is 11.4 Å². The fourth-order valence-electron chi connectivity index (χ4n) is 5.97. The molecule has 0 unspecified atom stereocenters. The van der Waals surface area contributed by atoms with Crippen molar-refractivity contribution in [2.24, 2.45) is 0 Å². The van der Waals surface area contributed by atoms with Crippen LogP contribution in [0, 0.1) is 0 Å². The minimum atomic E-state index is -0.526. The molecule has 198 valence electrons. The molecule has 0 saturated heterocycles. The van der Waals surface area contributed by atoms with Crippen LogP contribution in [0.1, 0.15) is 22.3 Å². The average molecular weight is 533 g/mol. The lowest BCUT2D eigenvalue weighted by molar-refractivity contribution is 0.484. The van der Waals surface area contributed by atoms with Crippen LogP contribution in [0.3, 0.4) is 0 Å². The molecule has 0 aromatic heterocycles. The Bertz CT molecular complexity index is 1720. The highest BCUT2D eigenvalue weighted by molar-refractivity contribution is 5.86.